The number of aromatic nitrogens is 2. The van der Waals surface area contributed by atoms with Crippen LogP contribution in [0, 0.1) is 19.8 Å². The molecule has 1 unspecified atom stereocenters. The number of aliphatic hydroxyl groups is 1. The van der Waals surface area contributed by atoms with Crippen molar-refractivity contribution >= 4 is 5.91 Å². The number of hydrogen-bond donors (Lipinski definition) is 2. The Bertz CT molecular complexity index is 454. The van der Waals surface area contributed by atoms with Crippen LogP contribution < -0.4 is 0 Å². The summed E-state index contributed by atoms with van der Waals surface area (Å²) >= 11 is 0. The van der Waals surface area contributed by atoms with Gasteiger partial charge in [-0.05, 0) is 34.1 Å². The normalized spacial score (nSPS) is 20.1. The Hall–Kier alpha value is -1.36. The van der Waals surface area contributed by atoms with Gasteiger partial charge in [-0.15, -0.1) is 0 Å². The van der Waals surface area contributed by atoms with Crippen molar-refractivity contribution in [3.05, 3.63) is 17.0 Å². The van der Waals surface area contributed by atoms with E-state index >= 15 is 0 Å². The molecule has 1 saturated heterocycles. The molecule has 1 atom stereocenters. The number of aryl methyl sites for hydroxylation is 2. The van der Waals surface area contributed by atoms with Gasteiger partial charge in [0.05, 0.1) is 17.7 Å². The van der Waals surface area contributed by atoms with Crippen molar-refractivity contribution in [2.24, 2.45) is 5.92 Å². The van der Waals surface area contributed by atoms with Crippen molar-refractivity contribution in [3.63, 3.8) is 0 Å². The molecule has 1 fully saturated rings. The second-order valence-electron chi connectivity index (χ2n) is 6.07. The largest absolute Gasteiger partial charge is 0.390 e. The van der Waals surface area contributed by atoms with E-state index in [-0.39, 0.29) is 11.8 Å². The van der Waals surface area contributed by atoms with Crippen LogP contribution in [0.15, 0.2) is 0 Å². The maximum atomic E-state index is 12.3. The topological polar surface area (TPSA) is 69.2 Å². The van der Waals surface area contributed by atoms with E-state index in [9.17, 15) is 9.90 Å². The first-order valence-electron chi connectivity index (χ1n) is 6.79. The molecule has 0 radical (unpaired) electrons. The first kappa shape index (κ1) is 14.1. The molecule has 0 bridgehead atoms. The number of aromatic amines is 1. The molecule has 1 amide bonds. The summed E-state index contributed by atoms with van der Waals surface area (Å²) in [6, 6.07) is 0. The highest BCUT2D eigenvalue weighted by molar-refractivity contribution is 5.79. The van der Waals surface area contributed by atoms with Crippen LogP contribution in [0.3, 0.4) is 0 Å². The molecule has 106 valence electrons. The summed E-state index contributed by atoms with van der Waals surface area (Å²) in [4.78, 5) is 14.1. The molecule has 5 nitrogen and oxygen atoms in total. The second kappa shape index (κ2) is 4.96. The average molecular weight is 265 g/mol. The van der Waals surface area contributed by atoms with Crippen LogP contribution in [0.5, 0.6) is 0 Å². The zero-order chi connectivity index (χ0) is 14.2. The molecule has 2 N–H and O–H groups in total. The van der Waals surface area contributed by atoms with Crippen LogP contribution >= 0.6 is 0 Å². The number of amides is 1. The Labute approximate surface area is 114 Å². The Morgan fingerprint density at radius 2 is 2.21 bits per heavy atom. The van der Waals surface area contributed by atoms with Crippen LogP contribution in [-0.4, -0.2) is 44.8 Å². The van der Waals surface area contributed by atoms with Gasteiger partial charge in [0.2, 0.25) is 5.91 Å². The molecule has 2 rings (SSSR count). The number of likely N-dealkylation sites (tertiary alicyclic amines) is 1. The fourth-order valence-electron chi connectivity index (χ4n) is 2.66. The summed E-state index contributed by atoms with van der Waals surface area (Å²) in [6.45, 7) is 8.87. The van der Waals surface area contributed by atoms with Crippen molar-refractivity contribution in [2.75, 3.05) is 13.1 Å². The summed E-state index contributed by atoms with van der Waals surface area (Å²) in [7, 11) is 0. The minimum Gasteiger partial charge on any atom is -0.390 e. The minimum atomic E-state index is -0.712. The van der Waals surface area contributed by atoms with Crippen molar-refractivity contribution in [1.29, 1.82) is 0 Å². The highest BCUT2D eigenvalue weighted by Crippen LogP contribution is 2.27. The van der Waals surface area contributed by atoms with Gasteiger partial charge >= 0.3 is 0 Å². The van der Waals surface area contributed by atoms with E-state index in [1.807, 2.05) is 32.6 Å². The maximum Gasteiger partial charge on any atom is 0.227 e. The first-order valence-corrected chi connectivity index (χ1v) is 6.79. The Kier molecular flexibility index (Phi) is 3.67. The lowest BCUT2D eigenvalue weighted by atomic mass is 9.90. The zero-order valence-corrected chi connectivity index (χ0v) is 12.2. The number of nitrogens with one attached hydrogen (secondary N) is 1. The minimum absolute atomic E-state index is 0.124. The Balaban J connectivity index is 1.99. The van der Waals surface area contributed by atoms with Crippen molar-refractivity contribution < 1.29 is 9.90 Å². The predicted molar refractivity (Wildman–Crippen MR) is 72.8 cm³/mol. The van der Waals surface area contributed by atoms with E-state index in [1.165, 1.54) is 0 Å². The molecule has 5 heteroatoms. The molecular formula is C14H23N3O2. The zero-order valence-electron chi connectivity index (χ0n) is 12.2. The van der Waals surface area contributed by atoms with Gasteiger partial charge < -0.3 is 10.0 Å². The number of nitrogens with zero attached hydrogens (tertiary/aromatic N) is 2. The first-order chi connectivity index (χ1) is 8.79. The smallest absolute Gasteiger partial charge is 0.227 e. The number of rotatable bonds is 3. The highest BCUT2D eigenvalue weighted by atomic mass is 16.3. The molecule has 1 aliphatic rings. The molecule has 0 spiro atoms. The summed E-state index contributed by atoms with van der Waals surface area (Å²) in [5, 5.41) is 17.0. The van der Waals surface area contributed by atoms with Gasteiger partial charge in [0, 0.05) is 30.3 Å². The highest BCUT2D eigenvalue weighted by Gasteiger charge is 2.35. The molecule has 1 aromatic rings. The van der Waals surface area contributed by atoms with Gasteiger partial charge in [0.15, 0.2) is 0 Å². The summed E-state index contributed by atoms with van der Waals surface area (Å²) in [5.74, 6) is 0.294. The van der Waals surface area contributed by atoms with Crippen LogP contribution in [0.1, 0.15) is 37.2 Å². The number of hydrogen-bond acceptors (Lipinski definition) is 3. The third-order valence-corrected chi connectivity index (χ3v) is 4.15. The Morgan fingerprint density at radius 3 is 2.68 bits per heavy atom. The number of carbonyl (C=O) groups is 1. The SMILES string of the molecule is Cc1n[nH]c(C)c1CC(=O)N1CCC(C(C)(C)O)C1. The maximum absolute atomic E-state index is 12.3. The van der Waals surface area contributed by atoms with Gasteiger partial charge in [-0.2, -0.15) is 5.10 Å². The fourth-order valence-corrected chi connectivity index (χ4v) is 2.66. The van der Waals surface area contributed by atoms with Crippen molar-refractivity contribution in [1.82, 2.24) is 15.1 Å². The van der Waals surface area contributed by atoms with Crippen LogP contribution in [0.4, 0.5) is 0 Å². The molecule has 19 heavy (non-hydrogen) atoms. The van der Waals surface area contributed by atoms with E-state index < -0.39 is 5.60 Å². The van der Waals surface area contributed by atoms with Crippen molar-refractivity contribution in [3.8, 4) is 0 Å². The third kappa shape index (κ3) is 2.97. The lowest BCUT2D eigenvalue weighted by Gasteiger charge is -2.25. The van der Waals surface area contributed by atoms with Gasteiger partial charge in [0.25, 0.3) is 0 Å². The molecule has 0 aliphatic carbocycles. The molecule has 2 heterocycles. The molecule has 0 saturated carbocycles. The van der Waals surface area contributed by atoms with E-state index in [0.29, 0.717) is 13.0 Å². The van der Waals surface area contributed by atoms with Crippen LogP contribution in [0.25, 0.3) is 0 Å². The monoisotopic (exact) mass is 265 g/mol. The third-order valence-electron chi connectivity index (χ3n) is 4.15. The quantitative estimate of drug-likeness (QED) is 0.862. The molecular weight excluding hydrogens is 242 g/mol. The predicted octanol–water partition coefficient (Wildman–Crippen LogP) is 1.19. The standard InChI is InChI=1S/C14H23N3O2/c1-9-12(10(2)16-15-9)7-13(18)17-6-5-11(8-17)14(3,4)19/h11,19H,5-8H2,1-4H3,(H,15,16). The van der Waals surface area contributed by atoms with E-state index in [4.69, 9.17) is 0 Å². The van der Waals surface area contributed by atoms with Gasteiger partial charge in [-0.1, -0.05) is 0 Å². The lowest BCUT2D eigenvalue weighted by molar-refractivity contribution is -0.129. The lowest BCUT2D eigenvalue weighted by Crippen LogP contribution is -2.36. The summed E-state index contributed by atoms with van der Waals surface area (Å²) in [5.41, 5.74) is 2.14. The average Bonchev–Trinajstić information content (AvgIpc) is 2.90. The molecule has 0 aromatic carbocycles. The molecule has 1 aromatic heterocycles. The van der Waals surface area contributed by atoms with Crippen LogP contribution in [0.2, 0.25) is 0 Å². The van der Waals surface area contributed by atoms with E-state index in [1.54, 1.807) is 0 Å². The van der Waals surface area contributed by atoms with E-state index in [0.717, 1.165) is 29.9 Å². The van der Waals surface area contributed by atoms with E-state index in [2.05, 4.69) is 10.2 Å². The second-order valence-corrected chi connectivity index (χ2v) is 6.07. The molecule has 1 aliphatic heterocycles. The summed E-state index contributed by atoms with van der Waals surface area (Å²) in [6.07, 6.45) is 1.27. The van der Waals surface area contributed by atoms with Crippen LogP contribution in [-0.2, 0) is 11.2 Å². The Morgan fingerprint density at radius 1 is 1.53 bits per heavy atom. The van der Waals surface area contributed by atoms with Gasteiger partial charge in [-0.25, -0.2) is 0 Å². The summed E-state index contributed by atoms with van der Waals surface area (Å²) < 4.78 is 0. The number of H-pyrrole nitrogens is 1. The number of carbonyl (C=O) groups excluding carboxylic acids is 1. The fraction of sp³-hybridized carbons (Fsp3) is 0.714. The van der Waals surface area contributed by atoms with Gasteiger partial charge in [0.1, 0.15) is 0 Å². The van der Waals surface area contributed by atoms with Crippen molar-refractivity contribution in [2.45, 2.75) is 46.1 Å². The van der Waals surface area contributed by atoms with Gasteiger partial charge in [-0.3, -0.25) is 9.89 Å².